The quantitative estimate of drug-likeness (QED) is 0.224. The van der Waals surface area contributed by atoms with Crippen molar-refractivity contribution < 1.29 is 9.53 Å². The normalized spacial score (nSPS) is 15.4. The van der Waals surface area contributed by atoms with E-state index in [4.69, 9.17) is 21.2 Å². The van der Waals surface area contributed by atoms with Gasteiger partial charge in [0.1, 0.15) is 40.8 Å². The third-order valence-electron chi connectivity index (χ3n) is 5.92. The molecule has 10 nitrogen and oxygen atoms in total. The zero-order chi connectivity index (χ0) is 24.7. The molecule has 0 fully saturated rings. The van der Waals surface area contributed by atoms with Crippen LogP contribution >= 0.6 is 15.9 Å². The van der Waals surface area contributed by atoms with Crippen molar-refractivity contribution in [2.45, 2.75) is 44.9 Å². The minimum atomic E-state index is -2.21. The molecule has 1 aromatic heterocycles. The Morgan fingerprint density at radius 3 is 2.48 bits per heavy atom. The van der Waals surface area contributed by atoms with Crippen molar-refractivity contribution in [1.29, 1.82) is 10.5 Å². The number of guanidine groups is 1. The highest BCUT2D eigenvalue weighted by Gasteiger charge is 2.40. The highest BCUT2D eigenvalue weighted by Crippen LogP contribution is 2.49. The molecule has 0 bridgehead atoms. The number of rotatable bonds is 3. The minimum Gasteiger partial charge on any atom is -0.543 e. The second-order valence-electron chi connectivity index (χ2n) is 9.07. The van der Waals surface area contributed by atoms with Crippen LogP contribution in [0.15, 0.2) is 21.6 Å². The lowest BCUT2D eigenvalue weighted by molar-refractivity contribution is 0.457. The fourth-order valence-electron chi connectivity index (χ4n) is 3.12. The van der Waals surface area contributed by atoms with Gasteiger partial charge in [-0.1, -0.05) is 20.8 Å². The van der Waals surface area contributed by atoms with E-state index in [-0.39, 0.29) is 39.6 Å². The van der Waals surface area contributed by atoms with Crippen LogP contribution in [0.4, 0.5) is 17.3 Å². The van der Waals surface area contributed by atoms with E-state index in [2.05, 4.69) is 70.4 Å². The Bertz CT molecular complexity index is 1240. The van der Waals surface area contributed by atoms with Crippen molar-refractivity contribution >= 4 is 47.5 Å². The van der Waals surface area contributed by atoms with Crippen LogP contribution in [0.1, 0.15) is 43.5 Å². The van der Waals surface area contributed by atoms with Gasteiger partial charge in [-0.05, 0) is 46.2 Å². The van der Waals surface area contributed by atoms with E-state index in [1.807, 2.05) is 6.07 Å². The summed E-state index contributed by atoms with van der Waals surface area (Å²) in [7, 11) is -2.21. The number of phenolic OH excluding ortho intramolecular Hbond substituents is 1. The number of fused-ring (bicyclic) bond motifs is 1. The van der Waals surface area contributed by atoms with Crippen LogP contribution in [0.2, 0.25) is 18.1 Å². The number of hydrogen-bond acceptors (Lipinski definition) is 10. The van der Waals surface area contributed by atoms with Crippen LogP contribution < -0.4 is 26.5 Å². The number of phenols is 1. The fourth-order valence-corrected chi connectivity index (χ4v) is 4.93. The molecule has 0 saturated heterocycles. The number of nitrogens with two attached hydrogens (primary N) is 2. The molecule has 2 heterocycles. The van der Waals surface area contributed by atoms with Crippen LogP contribution in [-0.2, 0) is 0 Å². The van der Waals surface area contributed by atoms with Gasteiger partial charge in [-0.25, -0.2) is 9.98 Å². The van der Waals surface area contributed by atoms with E-state index in [0.717, 1.165) is 0 Å². The summed E-state index contributed by atoms with van der Waals surface area (Å²) in [5, 5.41) is 34.7. The number of benzene rings is 1. The topological polar surface area (TPSA) is 178 Å². The van der Waals surface area contributed by atoms with Crippen LogP contribution in [0.25, 0.3) is 0 Å². The van der Waals surface area contributed by atoms with E-state index in [1.165, 1.54) is 6.07 Å². The van der Waals surface area contributed by atoms with Crippen molar-refractivity contribution in [2.24, 2.45) is 4.99 Å². The maximum atomic E-state index is 10.8. The largest absolute Gasteiger partial charge is 0.543 e. The van der Waals surface area contributed by atoms with Crippen molar-refractivity contribution in [1.82, 2.24) is 10.3 Å². The Labute approximate surface area is 201 Å². The van der Waals surface area contributed by atoms with Gasteiger partial charge in [0.2, 0.25) is 5.96 Å². The summed E-state index contributed by atoms with van der Waals surface area (Å²) < 4.78 is 6.96. The molecular formula is C21H25BrN8O2Si. The number of nitrogens with zero attached hydrogens (tertiary/aromatic N) is 4. The number of aromatic nitrogens is 1. The first-order chi connectivity index (χ1) is 15.3. The number of halogens is 1. The Kier molecular flexibility index (Phi) is 6.20. The number of hydrogen-bond donors (Lipinski definition) is 5. The number of nitriles is 2. The van der Waals surface area contributed by atoms with Crippen molar-refractivity contribution in [2.75, 3.05) is 16.8 Å². The number of nitrogens with one attached hydrogen (secondary N) is 2. The predicted octanol–water partition coefficient (Wildman–Crippen LogP) is 3.91. The maximum Gasteiger partial charge on any atom is 0.250 e. The standard InChI is InChI=1S/C21H25BrN8O2Si/c1-21(2,3)33(4,5)32-12-7-6-11(31)13(15(12)22)17-14-16(25)10(8-23)18(26)29-19(14)30-20(28-17)27-9-24/h6-7,17,31H,1-5H3,(H6,25,26,27,28,29,30). The molecule has 1 unspecified atom stereocenters. The predicted molar refractivity (Wildman–Crippen MR) is 133 cm³/mol. The summed E-state index contributed by atoms with van der Waals surface area (Å²) in [6.45, 7) is 10.6. The Hall–Kier alpha value is -3.48. The monoisotopic (exact) mass is 528 g/mol. The molecule has 7 N–H and O–H groups in total. The molecule has 172 valence electrons. The molecule has 2 aromatic rings. The lowest BCUT2D eigenvalue weighted by Crippen LogP contribution is -2.44. The molecule has 33 heavy (non-hydrogen) atoms. The fraction of sp³-hybridized carbons (Fsp3) is 0.333. The van der Waals surface area contributed by atoms with Crippen molar-refractivity contribution in [3.05, 3.63) is 33.3 Å². The molecule has 0 aliphatic carbocycles. The molecule has 0 radical (unpaired) electrons. The second-order valence-corrected chi connectivity index (χ2v) is 14.6. The van der Waals surface area contributed by atoms with Crippen LogP contribution in [0.5, 0.6) is 11.5 Å². The first-order valence-corrected chi connectivity index (χ1v) is 13.7. The Morgan fingerprint density at radius 1 is 1.24 bits per heavy atom. The first kappa shape index (κ1) is 24.2. The van der Waals surface area contributed by atoms with E-state index < -0.39 is 14.4 Å². The van der Waals surface area contributed by atoms with Crippen molar-refractivity contribution in [3.8, 4) is 23.8 Å². The summed E-state index contributed by atoms with van der Waals surface area (Å²) in [5.74, 6) is 0.729. The minimum absolute atomic E-state index is 0.0109. The SMILES string of the molecule is CC(C)(C)[Si](C)(C)Oc1ccc(O)c(C2N=C(NC#N)Nc3nc(N)c(C#N)c(N)c32)c1Br. The summed E-state index contributed by atoms with van der Waals surface area (Å²) in [6, 6.07) is 4.26. The molecule has 3 rings (SSSR count). The van der Waals surface area contributed by atoms with Crippen LogP contribution in [0, 0.1) is 22.8 Å². The molecule has 0 amide bonds. The molecule has 1 aliphatic rings. The van der Waals surface area contributed by atoms with Gasteiger partial charge < -0.3 is 26.3 Å². The van der Waals surface area contributed by atoms with Gasteiger partial charge in [-0.15, -0.1) is 0 Å². The van der Waals surface area contributed by atoms with Gasteiger partial charge in [0.15, 0.2) is 6.19 Å². The highest BCUT2D eigenvalue weighted by molar-refractivity contribution is 9.10. The zero-order valence-corrected chi connectivity index (χ0v) is 21.5. The summed E-state index contributed by atoms with van der Waals surface area (Å²) in [4.78, 5) is 8.76. The summed E-state index contributed by atoms with van der Waals surface area (Å²) in [6.07, 6.45) is 1.80. The second kappa shape index (κ2) is 8.46. The van der Waals surface area contributed by atoms with Gasteiger partial charge in [-0.3, -0.25) is 5.32 Å². The Morgan fingerprint density at radius 2 is 1.91 bits per heavy atom. The third kappa shape index (κ3) is 4.27. The lowest BCUT2D eigenvalue weighted by atomic mass is 9.94. The molecule has 1 atom stereocenters. The smallest absolute Gasteiger partial charge is 0.250 e. The third-order valence-corrected chi connectivity index (χ3v) is 11.1. The van der Waals surface area contributed by atoms with E-state index >= 15 is 0 Å². The summed E-state index contributed by atoms with van der Waals surface area (Å²) in [5.41, 5.74) is 13.0. The van der Waals surface area contributed by atoms with Crippen LogP contribution in [0.3, 0.4) is 0 Å². The number of aromatic hydroxyl groups is 1. The molecule has 0 spiro atoms. The van der Waals surface area contributed by atoms with Gasteiger partial charge in [0, 0.05) is 11.1 Å². The number of nitrogen functional groups attached to an aromatic ring is 2. The number of aliphatic imine (C=N–C) groups is 1. The van der Waals surface area contributed by atoms with Gasteiger partial charge >= 0.3 is 0 Å². The van der Waals surface area contributed by atoms with Crippen molar-refractivity contribution in [3.63, 3.8) is 0 Å². The maximum absolute atomic E-state index is 10.8. The number of pyridine rings is 1. The first-order valence-electron chi connectivity index (χ1n) is 10.0. The van der Waals surface area contributed by atoms with Gasteiger partial charge in [0.05, 0.1) is 10.2 Å². The van der Waals surface area contributed by atoms with Gasteiger partial charge in [0.25, 0.3) is 8.32 Å². The van der Waals surface area contributed by atoms with Crippen LogP contribution in [-0.4, -0.2) is 24.4 Å². The molecule has 12 heteroatoms. The number of anilines is 3. The molecule has 1 aliphatic heterocycles. The van der Waals surface area contributed by atoms with E-state index in [1.54, 1.807) is 12.3 Å². The lowest BCUT2D eigenvalue weighted by Gasteiger charge is -2.37. The van der Waals surface area contributed by atoms with E-state index in [0.29, 0.717) is 21.3 Å². The molecule has 1 aromatic carbocycles. The van der Waals surface area contributed by atoms with Gasteiger partial charge in [-0.2, -0.15) is 10.5 Å². The molecule has 0 saturated carbocycles. The highest BCUT2D eigenvalue weighted by atomic mass is 79.9. The average Bonchev–Trinajstić information content (AvgIpc) is 2.69. The van der Waals surface area contributed by atoms with E-state index in [9.17, 15) is 10.4 Å². The summed E-state index contributed by atoms with van der Waals surface area (Å²) >= 11 is 3.58. The molecular weight excluding hydrogens is 504 g/mol. The zero-order valence-electron chi connectivity index (χ0n) is 18.9. The average molecular weight is 529 g/mol. The Balaban J connectivity index is 2.26.